The molecule has 2 amide bonds. The fraction of sp³-hybridized carbons (Fsp3) is 0.409. The smallest absolute Gasteiger partial charge is 0.314 e. The van der Waals surface area contributed by atoms with Crippen molar-refractivity contribution in [3.8, 4) is 11.4 Å². The van der Waals surface area contributed by atoms with Crippen molar-refractivity contribution in [1.29, 1.82) is 0 Å². The standard InChI is InChI=1S/C22H21F4N7O/c1-13-6-16-9-21(8-13,12-32-5-4-29-31-32)33(16)20(34)30-15-2-3-18(22(24,25)26)17(7-15)19-27-10-14(23)11-28-19/h2-5,7,10-11,13,16H,6,8-9,12H2,1H3,(H,30,34)/t13-,16?,21?/m1/s1. The van der Waals surface area contributed by atoms with Gasteiger partial charge in [-0.3, -0.25) is 4.68 Å². The Bertz CT molecular complexity index is 1200. The van der Waals surface area contributed by atoms with Crippen LogP contribution < -0.4 is 5.32 Å². The largest absolute Gasteiger partial charge is 0.417 e. The van der Waals surface area contributed by atoms with E-state index in [-0.39, 0.29) is 23.1 Å². The van der Waals surface area contributed by atoms with Gasteiger partial charge in [0.1, 0.15) is 0 Å². The van der Waals surface area contributed by atoms with Crippen LogP contribution in [0.2, 0.25) is 0 Å². The number of halogens is 4. The summed E-state index contributed by atoms with van der Waals surface area (Å²) in [6, 6.07) is 2.87. The highest BCUT2D eigenvalue weighted by atomic mass is 19.4. The highest BCUT2D eigenvalue weighted by Gasteiger charge is 2.58. The number of piperidine rings is 1. The predicted octanol–water partition coefficient (Wildman–Crippen LogP) is 4.37. The Balaban J connectivity index is 1.43. The number of hydrogen-bond acceptors (Lipinski definition) is 5. The van der Waals surface area contributed by atoms with Crippen LogP contribution in [0.1, 0.15) is 31.7 Å². The topological polar surface area (TPSA) is 88.8 Å². The summed E-state index contributed by atoms with van der Waals surface area (Å²) in [5.74, 6) is -0.625. The van der Waals surface area contributed by atoms with Crippen molar-refractivity contribution in [2.45, 2.75) is 50.5 Å². The van der Waals surface area contributed by atoms with E-state index in [1.54, 1.807) is 22.0 Å². The zero-order chi connectivity index (χ0) is 24.1. The Labute approximate surface area is 192 Å². The summed E-state index contributed by atoms with van der Waals surface area (Å²) in [6.07, 6.45) is 2.70. The van der Waals surface area contributed by atoms with Crippen LogP contribution in [-0.2, 0) is 12.7 Å². The van der Waals surface area contributed by atoms with Crippen LogP contribution in [0.25, 0.3) is 11.4 Å². The molecule has 1 aromatic carbocycles. The molecule has 3 aromatic rings. The van der Waals surface area contributed by atoms with Crippen LogP contribution >= 0.6 is 0 Å². The molecule has 3 fully saturated rings. The summed E-state index contributed by atoms with van der Waals surface area (Å²) in [7, 11) is 0. The first kappa shape index (κ1) is 22.2. The minimum atomic E-state index is -4.68. The van der Waals surface area contributed by atoms with E-state index in [0.717, 1.165) is 43.8 Å². The molecule has 6 rings (SSSR count). The molecule has 178 valence electrons. The lowest BCUT2D eigenvalue weighted by molar-refractivity contribution is -0.137. The summed E-state index contributed by atoms with van der Waals surface area (Å²) in [5.41, 5.74) is -1.60. The summed E-state index contributed by atoms with van der Waals surface area (Å²) < 4.78 is 55.7. The average molecular weight is 475 g/mol. The summed E-state index contributed by atoms with van der Waals surface area (Å²) in [4.78, 5) is 22.4. The number of alkyl halides is 3. The Kier molecular flexibility index (Phi) is 5.25. The molecule has 1 aliphatic carbocycles. The number of nitrogens with zero attached hydrogens (tertiary/aromatic N) is 6. The predicted molar refractivity (Wildman–Crippen MR) is 113 cm³/mol. The van der Waals surface area contributed by atoms with Crippen LogP contribution in [0.4, 0.5) is 28.0 Å². The molecule has 1 saturated carbocycles. The van der Waals surface area contributed by atoms with Crippen molar-refractivity contribution in [1.82, 2.24) is 29.9 Å². The molecule has 3 aliphatic rings. The van der Waals surface area contributed by atoms with Crippen molar-refractivity contribution >= 4 is 11.7 Å². The molecule has 3 atom stereocenters. The Hall–Kier alpha value is -3.57. The van der Waals surface area contributed by atoms with Crippen molar-refractivity contribution < 1.29 is 22.4 Å². The normalized spacial score (nSPS) is 24.0. The third kappa shape index (κ3) is 3.97. The van der Waals surface area contributed by atoms with E-state index in [0.29, 0.717) is 12.5 Å². The maximum absolute atomic E-state index is 13.6. The number of rotatable bonds is 4. The first-order chi connectivity index (χ1) is 16.1. The minimum Gasteiger partial charge on any atom is -0.314 e. The molecule has 2 saturated heterocycles. The lowest BCUT2D eigenvalue weighted by Crippen LogP contribution is -2.73. The van der Waals surface area contributed by atoms with E-state index in [1.165, 1.54) is 6.07 Å². The van der Waals surface area contributed by atoms with E-state index < -0.39 is 29.1 Å². The second-order valence-corrected chi connectivity index (χ2v) is 9.01. The second kappa shape index (κ2) is 8.03. The molecule has 8 nitrogen and oxygen atoms in total. The molecule has 34 heavy (non-hydrogen) atoms. The van der Waals surface area contributed by atoms with Gasteiger partial charge in [-0.1, -0.05) is 12.1 Å². The third-order valence-electron chi connectivity index (χ3n) is 6.48. The molecule has 12 heteroatoms. The zero-order valence-corrected chi connectivity index (χ0v) is 18.1. The van der Waals surface area contributed by atoms with Gasteiger partial charge in [-0.15, -0.1) is 5.10 Å². The van der Waals surface area contributed by atoms with E-state index in [4.69, 9.17) is 0 Å². The number of hydrogen-bond donors (Lipinski definition) is 1. The molecular weight excluding hydrogens is 454 g/mol. The molecule has 2 unspecified atom stereocenters. The monoisotopic (exact) mass is 475 g/mol. The summed E-state index contributed by atoms with van der Waals surface area (Å²) in [6.45, 7) is 2.63. The molecule has 2 bridgehead atoms. The molecule has 0 radical (unpaired) electrons. The lowest BCUT2D eigenvalue weighted by atomic mass is 9.64. The highest BCUT2D eigenvalue weighted by Crippen LogP contribution is 2.50. The van der Waals surface area contributed by atoms with E-state index >= 15 is 0 Å². The van der Waals surface area contributed by atoms with Gasteiger partial charge in [0, 0.05) is 23.5 Å². The third-order valence-corrected chi connectivity index (χ3v) is 6.48. The van der Waals surface area contributed by atoms with Crippen LogP contribution in [0.5, 0.6) is 0 Å². The van der Waals surface area contributed by atoms with Gasteiger partial charge in [0.15, 0.2) is 11.6 Å². The maximum atomic E-state index is 13.6. The Morgan fingerprint density at radius 2 is 2.00 bits per heavy atom. The number of urea groups is 1. The fourth-order valence-electron chi connectivity index (χ4n) is 5.36. The van der Waals surface area contributed by atoms with Crippen LogP contribution in [-0.4, -0.2) is 47.5 Å². The molecule has 1 N–H and O–H groups in total. The van der Waals surface area contributed by atoms with Gasteiger partial charge in [0.2, 0.25) is 0 Å². The van der Waals surface area contributed by atoms with Crippen LogP contribution in [0, 0.1) is 11.7 Å². The second-order valence-electron chi connectivity index (χ2n) is 9.01. The van der Waals surface area contributed by atoms with Gasteiger partial charge in [-0.25, -0.2) is 19.2 Å². The molecule has 2 aliphatic heterocycles. The minimum absolute atomic E-state index is 0.0432. The lowest BCUT2D eigenvalue weighted by Gasteiger charge is -2.63. The number of nitrogens with one attached hydrogen (secondary N) is 1. The highest BCUT2D eigenvalue weighted by molar-refractivity contribution is 5.92. The summed E-state index contributed by atoms with van der Waals surface area (Å²) >= 11 is 0. The van der Waals surface area contributed by atoms with Gasteiger partial charge in [-0.2, -0.15) is 13.2 Å². The number of carbonyl (C=O) groups excluding carboxylic acids is 1. The van der Waals surface area contributed by atoms with Gasteiger partial charge >= 0.3 is 12.2 Å². The first-order valence-corrected chi connectivity index (χ1v) is 10.8. The van der Waals surface area contributed by atoms with E-state index in [1.807, 2.05) is 0 Å². The number of benzene rings is 1. The molecule has 4 heterocycles. The maximum Gasteiger partial charge on any atom is 0.417 e. The van der Waals surface area contributed by atoms with Crippen molar-refractivity contribution in [2.75, 3.05) is 5.32 Å². The van der Waals surface area contributed by atoms with Gasteiger partial charge < -0.3 is 10.2 Å². The fourth-order valence-corrected chi connectivity index (χ4v) is 5.36. The first-order valence-electron chi connectivity index (χ1n) is 10.8. The number of amides is 2. The van der Waals surface area contributed by atoms with E-state index in [9.17, 15) is 22.4 Å². The van der Waals surface area contributed by atoms with Crippen molar-refractivity contribution in [3.63, 3.8) is 0 Å². The number of anilines is 1. The van der Waals surface area contributed by atoms with Crippen LogP contribution in [0.15, 0.2) is 43.0 Å². The average Bonchev–Trinajstić information content (AvgIpc) is 3.25. The van der Waals surface area contributed by atoms with E-state index in [2.05, 4.69) is 32.5 Å². The SMILES string of the molecule is C[C@@H]1CC2CC(Cn3ccnn3)(C1)N2C(=O)Nc1ccc(C(F)(F)F)c(-c2ncc(F)cn2)c1. The number of aromatic nitrogens is 5. The van der Waals surface area contributed by atoms with Crippen LogP contribution in [0.3, 0.4) is 0 Å². The Morgan fingerprint density at radius 1 is 1.24 bits per heavy atom. The van der Waals surface area contributed by atoms with Gasteiger partial charge in [0.25, 0.3) is 0 Å². The van der Waals surface area contributed by atoms with Gasteiger partial charge in [0.05, 0.1) is 36.2 Å². The molecule has 2 aromatic heterocycles. The van der Waals surface area contributed by atoms with Crippen molar-refractivity contribution in [3.05, 3.63) is 54.4 Å². The molecule has 0 spiro atoms. The summed E-state index contributed by atoms with van der Waals surface area (Å²) in [5, 5.41) is 10.6. The molecular formula is C22H21F4N7O. The quantitative estimate of drug-likeness (QED) is 0.567. The zero-order valence-electron chi connectivity index (χ0n) is 18.1. The number of fused-ring (bicyclic) bond motifs is 2. The Morgan fingerprint density at radius 3 is 2.68 bits per heavy atom. The van der Waals surface area contributed by atoms with Crippen molar-refractivity contribution in [2.24, 2.45) is 5.92 Å². The number of carbonyl (C=O) groups is 1. The van der Waals surface area contributed by atoms with Gasteiger partial charge in [-0.05, 0) is 43.4 Å².